The highest BCUT2D eigenvalue weighted by Crippen LogP contribution is 2.21. The van der Waals surface area contributed by atoms with E-state index in [1.54, 1.807) is 0 Å². The van der Waals surface area contributed by atoms with Crippen LogP contribution in [0, 0.1) is 0 Å². The number of aliphatic hydroxyl groups is 2. The molecular formula is C5H12O2S2. The standard InChI is InChI=1S/C5H12O2S2/c6-4-2-1-3-5(7,8)9/h6-9H,1-4H2. The molecule has 0 saturated heterocycles. The zero-order valence-corrected chi connectivity index (χ0v) is 6.91. The summed E-state index contributed by atoms with van der Waals surface area (Å²) in [4.78, 5) is 0. The fraction of sp³-hybridized carbons (Fsp3) is 1.00. The van der Waals surface area contributed by atoms with Crippen LogP contribution in [-0.4, -0.2) is 21.1 Å². The first-order valence-corrected chi connectivity index (χ1v) is 3.74. The van der Waals surface area contributed by atoms with Gasteiger partial charge in [0.15, 0.2) is 4.27 Å². The zero-order valence-electron chi connectivity index (χ0n) is 5.12. The van der Waals surface area contributed by atoms with Gasteiger partial charge in [0.25, 0.3) is 0 Å². The number of rotatable bonds is 4. The average molecular weight is 168 g/mol. The molecule has 0 saturated carbocycles. The third kappa shape index (κ3) is 8.62. The first-order chi connectivity index (χ1) is 4.06. The van der Waals surface area contributed by atoms with Crippen LogP contribution in [0.5, 0.6) is 0 Å². The molecule has 4 heteroatoms. The molecule has 0 atom stereocenters. The van der Waals surface area contributed by atoms with E-state index in [9.17, 15) is 0 Å². The molecule has 0 unspecified atom stereocenters. The van der Waals surface area contributed by atoms with Gasteiger partial charge in [0.1, 0.15) is 0 Å². The summed E-state index contributed by atoms with van der Waals surface area (Å²) in [6.45, 7) is 0.164. The lowest BCUT2D eigenvalue weighted by Crippen LogP contribution is -2.10. The van der Waals surface area contributed by atoms with Crippen LogP contribution in [0.15, 0.2) is 0 Å². The van der Waals surface area contributed by atoms with Gasteiger partial charge >= 0.3 is 0 Å². The van der Waals surface area contributed by atoms with Crippen LogP contribution in [0.2, 0.25) is 0 Å². The molecule has 0 bridgehead atoms. The predicted molar refractivity (Wildman–Crippen MR) is 43.9 cm³/mol. The Labute approximate surface area is 66.1 Å². The van der Waals surface area contributed by atoms with E-state index < -0.39 is 4.27 Å². The van der Waals surface area contributed by atoms with Crippen molar-refractivity contribution in [2.24, 2.45) is 0 Å². The van der Waals surface area contributed by atoms with Crippen molar-refractivity contribution in [1.82, 2.24) is 0 Å². The summed E-state index contributed by atoms with van der Waals surface area (Å²) < 4.78 is -1.17. The lowest BCUT2D eigenvalue weighted by Gasteiger charge is -2.13. The second kappa shape index (κ2) is 4.44. The van der Waals surface area contributed by atoms with Gasteiger partial charge in [-0.15, -0.1) is 25.3 Å². The number of aliphatic hydroxyl groups excluding tert-OH is 1. The van der Waals surface area contributed by atoms with E-state index in [0.717, 1.165) is 6.42 Å². The molecule has 0 heterocycles. The van der Waals surface area contributed by atoms with Crippen molar-refractivity contribution >= 4 is 25.3 Å². The van der Waals surface area contributed by atoms with Crippen LogP contribution in [0.4, 0.5) is 0 Å². The van der Waals surface area contributed by atoms with Crippen molar-refractivity contribution < 1.29 is 10.2 Å². The average Bonchev–Trinajstić information content (AvgIpc) is 1.63. The van der Waals surface area contributed by atoms with Gasteiger partial charge in [-0.25, -0.2) is 0 Å². The Morgan fingerprint density at radius 2 is 1.78 bits per heavy atom. The van der Waals surface area contributed by atoms with Crippen LogP contribution >= 0.6 is 25.3 Å². The molecular weight excluding hydrogens is 156 g/mol. The normalized spacial score (nSPS) is 12.0. The fourth-order valence-corrected chi connectivity index (χ4v) is 0.790. The molecule has 9 heavy (non-hydrogen) atoms. The molecule has 0 aromatic rings. The summed E-state index contributed by atoms with van der Waals surface area (Å²) in [5.74, 6) is 0. The van der Waals surface area contributed by atoms with Gasteiger partial charge in [-0.05, 0) is 19.3 Å². The van der Waals surface area contributed by atoms with E-state index >= 15 is 0 Å². The van der Waals surface area contributed by atoms with Crippen molar-refractivity contribution in [2.45, 2.75) is 23.5 Å². The summed E-state index contributed by atoms with van der Waals surface area (Å²) in [6, 6.07) is 0. The minimum atomic E-state index is -1.17. The first-order valence-electron chi connectivity index (χ1n) is 2.84. The second-order valence-electron chi connectivity index (χ2n) is 1.96. The van der Waals surface area contributed by atoms with Gasteiger partial charge in [-0.3, -0.25) is 0 Å². The molecule has 56 valence electrons. The van der Waals surface area contributed by atoms with Crippen molar-refractivity contribution in [1.29, 1.82) is 0 Å². The molecule has 0 aliphatic carbocycles. The van der Waals surface area contributed by atoms with Crippen LogP contribution in [0.3, 0.4) is 0 Å². The molecule has 2 N–H and O–H groups in total. The topological polar surface area (TPSA) is 40.5 Å². The van der Waals surface area contributed by atoms with E-state index in [1.165, 1.54) is 0 Å². The van der Waals surface area contributed by atoms with Gasteiger partial charge in [0.05, 0.1) is 0 Å². The molecule has 0 rings (SSSR count). The molecule has 0 aliphatic heterocycles. The third-order valence-corrected chi connectivity index (χ3v) is 1.37. The third-order valence-electron chi connectivity index (χ3n) is 0.920. The van der Waals surface area contributed by atoms with Gasteiger partial charge in [0.2, 0.25) is 0 Å². The molecule has 0 aromatic heterocycles. The summed E-state index contributed by atoms with van der Waals surface area (Å²) in [5.41, 5.74) is 0. The summed E-state index contributed by atoms with van der Waals surface area (Å²) in [6.07, 6.45) is 1.95. The Balaban J connectivity index is 3.07. The Morgan fingerprint density at radius 3 is 2.11 bits per heavy atom. The maximum absolute atomic E-state index is 8.89. The van der Waals surface area contributed by atoms with Gasteiger partial charge in [0, 0.05) is 6.61 Å². The molecule has 2 nitrogen and oxygen atoms in total. The smallest absolute Gasteiger partial charge is 0.151 e. The van der Waals surface area contributed by atoms with Crippen LogP contribution in [0.1, 0.15) is 19.3 Å². The largest absolute Gasteiger partial charge is 0.396 e. The van der Waals surface area contributed by atoms with E-state index in [2.05, 4.69) is 25.3 Å². The summed E-state index contributed by atoms with van der Waals surface area (Å²) in [7, 11) is 0. The molecule has 0 fully saturated rings. The number of thiol groups is 2. The minimum absolute atomic E-state index is 0.164. The second-order valence-corrected chi connectivity index (χ2v) is 3.79. The fourth-order valence-electron chi connectivity index (χ4n) is 0.474. The Morgan fingerprint density at radius 1 is 1.22 bits per heavy atom. The van der Waals surface area contributed by atoms with Crippen LogP contribution in [-0.2, 0) is 0 Å². The SMILES string of the molecule is OCCCCC(O)(S)S. The number of hydrogen-bond donors (Lipinski definition) is 4. The van der Waals surface area contributed by atoms with Crippen LogP contribution in [0.25, 0.3) is 0 Å². The van der Waals surface area contributed by atoms with Gasteiger partial charge in [-0.2, -0.15) is 0 Å². The summed E-state index contributed by atoms with van der Waals surface area (Å²) >= 11 is 7.53. The lowest BCUT2D eigenvalue weighted by molar-refractivity contribution is 0.211. The molecule has 0 amide bonds. The first kappa shape index (κ1) is 9.62. The Kier molecular flexibility index (Phi) is 4.74. The van der Waals surface area contributed by atoms with E-state index in [0.29, 0.717) is 12.8 Å². The quantitative estimate of drug-likeness (QED) is 0.283. The van der Waals surface area contributed by atoms with Crippen molar-refractivity contribution in [3.8, 4) is 0 Å². The maximum Gasteiger partial charge on any atom is 0.151 e. The summed E-state index contributed by atoms with van der Waals surface area (Å²) in [5, 5.41) is 17.2. The minimum Gasteiger partial charge on any atom is -0.396 e. The van der Waals surface area contributed by atoms with Crippen molar-refractivity contribution in [3.05, 3.63) is 0 Å². The van der Waals surface area contributed by atoms with Gasteiger partial charge < -0.3 is 10.2 Å². The number of hydrogen-bond acceptors (Lipinski definition) is 4. The monoisotopic (exact) mass is 168 g/mol. The van der Waals surface area contributed by atoms with E-state index in [4.69, 9.17) is 10.2 Å². The molecule has 0 radical (unpaired) electrons. The Bertz CT molecular complexity index is 69.8. The van der Waals surface area contributed by atoms with Crippen molar-refractivity contribution in [2.75, 3.05) is 6.61 Å². The zero-order chi connectivity index (χ0) is 7.33. The van der Waals surface area contributed by atoms with E-state index in [-0.39, 0.29) is 6.61 Å². The van der Waals surface area contributed by atoms with E-state index in [1.807, 2.05) is 0 Å². The molecule has 0 aliphatic rings. The highest BCUT2D eigenvalue weighted by Gasteiger charge is 2.12. The highest BCUT2D eigenvalue weighted by atomic mass is 32.2. The number of unbranched alkanes of at least 4 members (excludes halogenated alkanes) is 1. The predicted octanol–water partition coefficient (Wildman–Crippen LogP) is 0.655. The van der Waals surface area contributed by atoms with Gasteiger partial charge in [-0.1, -0.05) is 0 Å². The maximum atomic E-state index is 8.89. The highest BCUT2D eigenvalue weighted by molar-refractivity contribution is 8.00. The van der Waals surface area contributed by atoms with Crippen LogP contribution < -0.4 is 0 Å². The molecule has 0 aromatic carbocycles. The van der Waals surface area contributed by atoms with Crippen molar-refractivity contribution in [3.63, 3.8) is 0 Å². The molecule has 0 spiro atoms. The lowest BCUT2D eigenvalue weighted by atomic mass is 10.2. The Hall–Kier alpha value is 0.620.